The lowest BCUT2D eigenvalue weighted by molar-refractivity contribution is -0.144. The zero-order valence-electron chi connectivity index (χ0n) is 12.2. The maximum atomic E-state index is 11.7. The van der Waals surface area contributed by atoms with Crippen molar-refractivity contribution in [3.8, 4) is 6.07 Å². The molecule has 2 fully saturated rings. The van der Waals surface area contributed by atoms with Crippen molar-refractivity contribution in [2.75, 3.05) is 6.54 Å². The highest BCUT2D eigenvalue weighted by Gasteiger charge is 2.49. The molecule has 1 saturated carbocycles. The average Bonchev–Trinajstić information content (AvgIpc) is 3.06. The third kappa shape index (κ3) is 2.43. The Balaban J connectivity index is 1.84. The molecule has 3 rings (SSSR count). The Morgan fingerprint density at radius 1 is 1.38 bits per heavy atom. The molecular weight excluding hydrogens is 264 g/mol. The van der Waals surface area contributed by atoms with E-state index in [9.17, 15) is 9.90 Å². The van der Waals surface area contributed by atoms with Gasteiger partial charge in [0.05, 0.1) is 11.6 Å². The van der Waals surface area contributed by atoms with Gasteiger partial charge in [0, 0.05) is 12.6 Å². The standard InChI is InChI=1S/C17H20N2O2/c1-11(13-7-5-12(9-18)6-8-13)19-10-14-3-2-4-15(14)16(19)17(20)21/h5-8,11,14-16H,2-4,10H2,1H3,(H,20,21). The van der Waals surface area contributed by atoms with Gasteiger partial charge < -0.3 is 5.11 Å². The van der Waals surface area contributed by atoms with Crippen LogP contribution in [0.3, 0.4) is 0 Å². The Morgan fingerprint density at radius 2 is 2.10 bits per heavy atom. The summed E-state index contributed by atoms with van der Waals surface area (Å²) in [7, 11) is 0. The molecule has 2 aliphatic rings. The number of hydrogen-bond donors (Lipinski definition) is 1. The summed E-state index contributed by atoms with van der Waals surface area (Å²) in [4.78, 5) is 13.8. The highest BCUT2D eigenvalue weighted by molar-refractivity contribution is 5.74. The molecule has 1 aliphatic carbocycles. The molecule has 0 bridgehead atoms. The molecule has 110 valence electrons. The zero-order chi connectivity index (χ0) is 15.0. The molecule has 4 atom stereocenters. The normalized spacial score (nSPS) is 29.8. The fraction of sp³-hybridized carbons (Fsp3) is 0.529. The molecule has 4 nitrogen and oxygen atoms in total. The second kappa shape index (κ2) is 5.50. The Bertz CT molecular complexity index is 575. The van der Waals surface area contributed by atoms with Crippen LogP contribution in [-0.2, 0) is 4.79 Å². The Hall–Kier alpha value is -1.86. The number of carboxylic acids is 1. The molecule has 1 saturated heterocycles. The van der Waals surface area contributed by atoms with Crippen molar-refractivity contribution in [2.45, 2.75) is 38.3 Å². The Labute approximate surface area is 125 Å². The number of aliphatic carboxylic acids is 1. The van der Waals surface area contributed by atoms with Gasteiger partial charge in [0.1, 0.15) is 6.04 Å². The fourth-order valence-corrected chi connectivity index (χ4v) is 4.09. The first-order valence-corrected chi connectivity index (χ1v) is 7.60. The van der Waals surface area contributed by atoms with Crippen LogP contribution >= 0.6 is 0 Å². The van der Waals surface area contributed by atoms with Gasteiger partial charge in [0.15, 0.2) is 0 Å². The molecule has 4 heteroatoms. The summed E-state index contributed by atoms with van der Waals surface area (Å²) in [5, 5.41) is 18.5. The van der Waals surface area contributed by atoms with E-state index in [1.54, 1.807) is 12.1 Å². The molecule has 1 N–H and O–H groups in total. The van der Waals surface area contributed by atoms with Crippen LogP contribution in [0.25, 0.3) is 0 Å². The zero-order valence-corrected chi connectivity index (χ0v) is 12.2. The van der Waals surface area contributed by atoms with E-state index in [1.807, 2.05) is 12.1 Å². The van der Waals surface area contributed by atoms with E-state index in [0.29, 0.717) is 17.4 Å². The van der Waals surface area contributed by atoms with Gasteiger partial charge >= 0.3 is 5.97 Å². The van der Waals surface area contributed by atoms with Crippen molar-refractivity contribution in [1.29, 1.82) is 5.26 Å². The number of nitrogens with zero attached hydrogens (tertiary/aromatic N) is 2. The van der Waals surface area contributed by atoms with Gasteiger partial charge in [0.25, 0.3) is 0 Å². The monoisotopic (exact) mass is 284 g/mol. The minimum absolute atomic E-state index is 0.0736. The van der Waals surface area contributed by atoms with Gasteiger partial charge in [-0.25, -0.2) is 0 Å². The predicted octanol–water partition coefficient (Wildman–Crippen LogP) is 2.80. The first-order chi connectivity index (χ1) is 10.1. The first kappa shape index (κ1) is 14.1. The third-order valence-corrected chi connectivity index (χ3v) is 5.20. The molecule has 1 aromatic rings. The van der Waals surface area contributed by atoms with E-state index >= 15 is 0 Å². The molecule has 0 spiro atoms. The van der Waals surface area contributed by atoms with Crippen molar-refractivity contribution in [3.63, 3.8) is 0 Å². The van der Waals surface area contributed by atoms with E-state index in [-0.39, 0.29) is 12.1 Å². The van der Waals surface area contributed by atoms with Gasteiger partial charge in [-0.3, -0.25) is 9.69 Å². The lowest BCUT2D eigenvalue weighted by Crippen LogP contribution is -2.41. The van der Waals surface area contributed by atoms with Crippen molar-refractivity contribution in [3.05, 3.63) is 35.4 Å². The molecule has 4 unspecified atom stereocenters. The van der Waals surface area contributed by atoms with Crippen LogP contribution in [0.1, 0.15) is 43.4 Å². The molecule has 21 heavy (non-hydrogen) atoms. The number of benzene rings is 1. The second-order valence-electron chi connectivity index (χ2n) is 6.24. The van der Waals surface area contributed by atoms with E-state index in [4.69, 9.17) is 5.26 Å². The van der Waals surface area contributed by atoms with E-state index < -0.39 is 5.97 Å². The quantitative estimate of drug-likeness (QED) is 0.927. The van der Waals surface area contributed by atoms with E-state index in [1.165, 1.54) is 0 Å². The predicted molar refractivity (Wildman–Crippen MR) is 78.5 cm³/mol. The lowest BCUT2D eigenvalue weighted by atomic mass is 9.94. The van der Waals surface area contributed by atoms with Crippen LogP contribution in [0.5, 0.6) is 0 Å². The second-order valence-corrected chi connectivity index (χ2v) is 6.24. The summed E-state index contributed by atoms with van der Waals surface area (Å²) in [6.07, 6.45) is 3.36. The largest absolute Gasteiger partial charge is 0.480 e. The summed E-state index contributed by atoms with van der Waals surface area (Å²) >= 11 is 0. The molecule has 1 aromatic carbocycles. The number of hydrogen-bond acceptors (Lipinski definition) is 3. The van der Waals surface area contributed by atoms with Crippen LogP contribution in [0.2, 0.25) is 0 Å². The Morgan fingerprint density at radius 3 is 2.71 bits per heavy atom. The maximum absolute atomic E-state index is 11.7. The Kier molecular flexibility index (Phi) is 3.69. The molecule has 1 heterocycles. The van der Waals surface area contributed by atoms with Crippen LogP contribution in [-0.4, -0.2) is 28.6 Å². The van der Waals surface area contributed by atoms with Crippen LogP contribution < -0.4 is 0 Å². The van der Waals surface area contributed by atoms with Gasteiger partial charge in [-0.05, 0) is 49.3 Å². The third-order valence-electron chi connectivity index (χ3n) is 5.20. The van der Waals surface area contributed by atoms with Gasteiger partial charge in [0.2, 0.25) is 0 Å². The molecule has 1 aliphatic heterocycles. The minimum atomic E-state index is -0.690. The SMILES string of the molecule is CC(c1ccc(C#N)cc1)N1CC2CCCC2C1C(=O)O. The van der Waals surface area contributed by atoms with Gasteiger partial charge in [-0.2, -0.15) is 5.26 Å². The number of carbonyl (C=O) groups is 1. The number of rotatable bonds is 3. The van der Waals surface area contributed by atoms with Crippen LogP contribution in [0, 0.1) is 23.2 Å². The van der Waals surface area contributed by atoms with Crippen molar-refractivity contribution < 1.29 is 9.90 Å². The van der Waals surface area contributed by atoms with E-state index in [0.717, 1.165) is 31.4 Å². The lowest BCUT2D eigenvalue weighted by Gasteiger charge is -2.30. The number of fused-ring (bicyclic) bond motifs is 1. The van der Waals surface area contributed by atoms with Crippen molar-refractivity contribution in [1.82, 2.24) is 4.90 Å². The minimum Gasteiger partial charge on any atom is -0.480 e. The molecule has 0 aromatic heterocycles. The van der Waals surface area contributed by atoms with Crippen molar-refractivity contribution in [2.24, 2.45) is 11.8 Å². The molecule has 0 amide bonds. The van der Waals surface area contributed by atoms with Crippen molar-refractivity contribution >= 4 is 5.97 Å². The van der Waals surface area contributed by atoms with Crippen LogP contribution in [0.4, 0.5) is 0 Å². The maximum Gasteiger partial charge on any atom is 0.321 e. The van der Waals surface area contributed by atoms with Gasteiger partial charge in [-0.1, -0.05) is 18.6 Å². The number of nitriles is 1. The summed E-state index contributed by atoms with van der Waals surface area (Å²) in [5.74, 6) is 0.153. The highest BCUT2D eigenvalue weighted by Crippen LogP contribution is 2.45. The highest BCUT2D eigenvalue weighted by atomic mass is 16.4. The molecular formula is C17H20N2O2. The summed E-state index contributed by atoms with van der Waals surface area (Å²) in [6.45, 7) is 2.95. The smallest absolute Gasteiger partial charge is 0.321 e. The van der Waals surface area contributed by atoms with E-state index in [2.05, 4.69) is 17.9 Å². The number of likely N-dealkylation sites (tertiary alicyclic amines) is 1. The summed E-state index contributed by atoms with van der Waals surface area (Å²) < 4.78 is 0. The summed E-state index contributed by atoms with van der Waals surface area (Å²) in [6, 6.07) is 9.32. The average molecular weight is 284 g/mol. The topological polar surface area (TPSA) is 64.3 Å². The molecule has 0 radical (unpaired) electrons. The first-order valence-electron chi connectivity index (χ1n) is 7.60. The van der Waals surface area contributed by atoms with Gasteiger partial charge in [-0.15, -0.1) is 0 Å². The fourth-order valence-electron chi connectivity index (χ4n) is 4.09. The summed E-state index contributed by atoms with van der Waals surface area (Å²) in [5.41, 5.74) is 1.72. The van der Waals surface area contributed by atoms with Crippen LogP contribution in [0.15, 0.2) is 24.3 Å². The number of carboxylic acid groups (broad SMARTS) is 1.